The van der Waals surface area contributed by atoms with Crippen LogP contribution in [0.2, 0.25) is 0 Å². The van der Waals surface area contributed by atoms with E-state index in [-0.39, 0.29) is 17.7 Å². The lowest BCUT2D eigenvalue weighted by Gasteiger charge is -2.09. The molecule has 24 heavy (non-hydrogen) atoms. The molecule has 2 aliphatic rings. The molecular weight excluding hydrogens is 306 g/mol. The van der Waals surface area contributed by atoms with Gasteiger partial charge in [-0.25, -0.2) is 0 Å². The minimum atomic E-state index is -0.259. The zero-order valence-electron chi connectivity index (χ0n) is 14.0. The standard InChI is InChI=1S/C18H21N3O3/c1-3-24-18(23)12-6-8-21-14(12)10-11(2)16(21)17(22)13-4-5-15-19-7-9-20(13)15/h4-5,10,12,19H,3,6-9H2,1-2H3. The Balaban J connectivity index is 1.71. The van der Waals surface area contributed by atoms with Gasteiger partial charge in [0.25, 0.3) is 0 Å². The molecule has 1 unspecified atom stereocenters. The van der Waals surface area contributed by atoms with Crippen molar-refractivity contribution in [1.29, 1.82) is 0 Å². The maximum absolute atomic E-state index is 13.1. The van der Waals surface area contributed by atoms with E-state index in [2.05, 4.69) is 5.32 Å². The van der Waals surface area contributed by atoms with Crippen LogP contribution in [0.4, 0.5) is 5.82 Å². The SMILES string of the molecule is CCOC(=O)C1CCn2c1cc(C)c2C(=O)c1ccc2n1CCN2. The number of esters is 1. The number of aryl methyl sites for hydroxylation is 1. The first-order valence-corrected chi connectivity index (χ1v) is 8.46. The van der Waals surface area contributed by atoms with Crippen molar-refractivity contribution in [3.05, 3.63) is 40.8 Å². The number of hydrogen-bond acceptors (Lipinski definition) is 4. The third-order valence-corrected chi connectivity index (χ3v) is 4.96. The van der Waals surface area contributed by atoms with E-state index in [4.69, 9.17) is 4.74 Å². The molecule has 0 fully saturated rings. The number of rotatable bonds is 4. The summed E-state index contributed by atoms with van der Waals surface area (Å²) in [6.07, 6.45) is 0.697. The molecular formula is C18H21N3O3. The second-order valence-corrected chi connectivity index (χ2v) is 6.36. The smallest absolute Gasteiger partial charge is 0.315 e. The first-order valence-electron chi connectivity index (χ1n) is 8.46. The lowest BCUT2D eigenvalue weighted by Crippen LogP contribution is -2.15. The normalized spacial score (nSPS) is 18.2. The Morgan fingerprint density at radius 3 is 2.92 bits per heavy atom. The molecule has 2 aromatic rings. The number of nitrogens with one attached hydrogen (secondary N) is 1. The molecule has 2 aromatic heterocycles. The van der Waals surface area contributed by atoms with Crippen molar-refractivity contribution >= 4 is 17.6 Å². The number of carbonyl (C=O) groups excluding carboxylic acids is 2. The van der Waals surface area contributed by atoms with E-state index in [0.29, 0.717) is 31.0 Å². The average Bonchev–Trinajstić information content (AvgIpc) is 3.25. The lowest BCUT2D eigenvalue weighted by molar-refractivity contribution is -0.144. The Bertz CT molecular complexity index is 831. The van der Waals surface area contributed by atoms with Gasteiger partial charge in [-0.05, 0) is 44.0 Å². The Morgan fingerprint density at radius 1 is 1.29 bits per heavy atom. The number of anilines is 1. The summed E-state index contributed by atoms with van der Waals surface area (Å²) < 4.78 is 9.20. The van der Waals surface area contributed by atoms with Gasteiger partial charge >= 0.3 is 5.97 Å². The van der Waals surface area contributed by atoms with Gasteiger partial charge in [-0.1, -0.05) is 0 Å². The van der Waals surface area contributed by atoms with E-state index in [1.807, 2.05) is 41.2 Å². The first kappa shape index (κ1) is 15.1. The molecule has 0 aromatic carbocycles. The van der Waals surface area contributed by atoms with Crippen LogP contribution in [0.5, 0.6) is 0 Å². The number of ether oxygens (including phenoxy) is 1. The number of fused-ring (bicyclic) bond motifs is 2. The minimum Gasteiger partial charge on any atom is -0.465 e. The fourth-order valence-electron chi connectivity index (χ4n) is 3.91. The van der Waals surface area contributed by atoms with Crippen LogP contribution in [0.1, 0.15) is 46.7 Å². The van der Waals surface area contributed by atoms with Gasteiger partial charge in [-0.2, -0.15) is 0 Å². The molecule has 2 aliphatic heterocycles. The van der Waals surface area contributed by atoms with Gasteiger partial charge in [-0.3, -0.25) is 9.59 Å². The zero-order chi connectivity index (χ0) is 16.8. The summed E-state index contributed by atoms with van der Waals surface area (Å²) in [4.78, 5) is 25.3. The van der Waals surface area contributed by atoms with Crippen LogP contribution < -0.4 is 5.32 Å². The van der Waals surface area contributed by atoms with Gasteiger partial charge in [0.15, 0.2) is 0 Å². The van der Waals surface area contributed by atoms with Crippen LogP contribution in [0, 0.1) is 6.92 Å². The molecule has 0 saturated carbocycles. The summed E-state index contributed by atoms with van der Waals surface area (Å²) in [5.41, 5.74) is 3.23. The van der Waals surface area contributed by atoms with Crippen molar-refractivity contribution in [2.45, 2.75) is 39.3 Å². The van der Waals surface area contributed by atoms with E-state index < -0.39 is 0 Å². The van der Waals surface area contributed by atoms with Crippen LogP contribution in [-0.2, 0) is 22.6 Å². The predicted molar refractivity (Wildman–Crippen MR) is 89.5 cm³/mol. The molecule has 0 bridgehead atoms. The highest BCUT2D eigenvalue weighted by molar-refractivity contribution is 6.08. The molecule has 0 spiro atoms. The summed E-state index contributed by atoms with van der Waals surface area (Å²) in [5.74, 6) is 0.567. The van der Waals surface area contributed by atoms with E-state index in [0.717, 1.165) is 30.2 Å². The Kier molecular flexibility index (Phi) is 3.48. The van der Waals surface area contributed by atoms with Gasteiger partial charge < -0.3 is 19.2 Å². The predicted octanol–water partition coefficient (Wildman–Crippen LogP) is 2.30. The highest BCUT2D eigenvalue weighted by Crippen LogP contribution is 2.35. The molecule has 126 valence electrons. The third-order valence-electron chi connectivity index (χ3n) is 4.96. The highest BCUT2D eigenvalue weighted by atomic mass is 16.5. The number of hydrogen-bond donors (Lipinski definition) is 1. The molecule has 1 N–H and O–H groups in total. The van der Waals surface area contributed by atoms with Gasteiger partial charge in [0.2, 0.25) is 5.78 Å². The van der Waals surface area contributed by atoms with Crippen molar-refractivity contribution < 1.29 is 14.3 Å². The van der Waals surface area contributed by atoms with Crippen LogP contribution in [0.15, 0.2) is 18.2 Å². The van der Waals surface area contributed by atoms with Crippen molar-refractivity contribution in [3.63, 3.8) is 0 Å². The zero-order valence-corrected chi connectivity index (χ0v) is 14.0. The second kappa shape index (κ2) is 5.54. The number of ketones is 1. The van der Waals surface area contributed by atoms with E-state index in [1.54, 1.807) is 0 Å². The van der Waals surface area contributed by atoms with Crippen molar-refractivity contribution in [2.24, 2.45) is 0 Å². The quantitative estimate of drug-likeness (QED) is 0.691. The Labute approximate surface area is 140 Å². The molecule has 6 heteroatoms. The number of nitrogens with zero attached hydrogens (tertiary/aromatic N) is 2. The summed E-state index contributed by atoms with van der Waals surface area (Å²) in [6.45, 7) is 6.47. The number of aromatic nitrogens is 2. The minimum absolute atomic E-state index is 0.0261. The lowest BCUT2D eigenvalue weighted by atomic mass is 10.0. The topological polar surface area (TPSA) is 65.3 Å². The van der Waals surface area contributed by atoms with Crippen LogP contribution in [0.3, 0.4) is 0 Å². The Morgan fingerprint density at radius 2 is 2.12 bits per heavy atom. The number of carbonyl (C=O) groups is 2. The molecule has 4 rings (SSSR count). The largest absolute Gasteiger partial charge is 0.465 e. The van der Waals surface area contributed by atoms with E-state index in [1.165, 1.54) is 0 Å². The van der Waals surface area contributed by atoms with Crippen molar-refractivity contribution in [2.75, 3.05) is 18.5 Å². The van der Waals surface area contributed by atoms with E-state index in [9.17, 15) is 9.59 Å². The molecule has 0 aliphatic carbocycles. The molecule has 0 amide bonds. The molecule has 0 saturated heterocycles. The van der Waals surface area contributed by atoms with Gasteiger partial charge in [0.05, 0.1) is 23.9 Å². The van der Waals surface area contributed by atoms with Crippen molar-refractivity contribution in [1.82, 2.24) is 9.13 Å². The fourth-order valence-corrected chi connectivity index (χ4v) is 3.91. The fraction of sp³-hybridized carbons (Fsp3) is 0.444. The average molecular weight is 327 g/mol. The molecule has 0 radical (unpaired) electrons. The van der Waals surface area contributed by atoms with Crippen LogP contribution in [-0.4, -0.2) is 34.0 Å². The monoisotopic (exact) mass is 327 g/mol. The van der Waals surface area contributed by atoms with Crippen LogP contribution in [0.25, 0.3) is 0 Å². The van der Waals surface area contributed by atoms with Gasteiger partial charge in [0.1, 0.15) is 5.82 Å². The summed E-state index contributed by atoms with van der Waals surface area (Å²) >= 11 is 0. The maximum atomic E-state index is 13.1. The summed E-state index contributed by atoms with van der Waals surface area (Å²) in [6, 6.07) is 5.79. The van der Waals surface area contributed by atoms with Crippen molar-refractivity contribution in [3.8, 4) is 0 Å². The maximum Gasteiger partial charge on any atom is 0.315 e. The first-order chi connectivity index (χ1) is 11.6. The second-order valence-electron chi connectivity index (χ2n) is 6.36. The molecule has 6 nitrogen and oxygen atoms in total. The summed E-state index contributed by atoms with van der Waals surface area (Å²) in [7, 11) is 0. The highest BCUT2D eigenvalue weighted by Gasteiger charge is 2.35. The molecule has 4 heterocycles. The van der Waals surface area contributed by atoms with Gasteiger partial charge in [0, 0.05) is 25.3 Å². The summed E-state index contributed by atoms with van der Waals surface area (Å²) in [5, 5.41) is 3.27. The van der Waals surface area contributed by atoms with Gasteiger partial charge in [-0.15, -0.1) is 0 Å². The third kappa shape index (κ3) is 2.09. The molecule has 1 atom stereocenters. The Hall–Kier alpha value is -2.50. The van der Waals surface area contributed by atoms with E-state index >= 15 is 0 Å². The van der Waals surface area contributed by atoms with Crippen LogP contribution >= 0.6 is 0 Å².